The number of carbonyl (C=O) groups excluding carboxylic acids is 2. The number of carbonyl (C=O) groups is 2. The maximum absolute atomic E-state index is 13.6. The van der Waals surface area contributed by atoms with Gasteiger partial charge in [0.2, 0.25) is 11.8 Å². The van der Waals surface area contributed by atoms with Crippen molar-refractivity contribution in [1.29, 1.82) is 0 Å². The van der Waals surface area contributed by atoms with E-state index in [1.54, 1.807) is 0 Å². The quantitative estimate of drug-likeness (QED) is 0.0427. The summed E-state index contributed by atoms with van der Waals surface area (Å²) in [5.41, 5.74) is 0. The summed E-state index contributed by atoms with van der Waals surface area (Å²) in [7, 11) is 0. The summed E-state index contributed by atoms with van der Waals surface area (Å²) >= 11 is 0. The fourth-order valence-corrected chi connectivity index (χ4v) is 13.6. The minimum Gasteiger partial charge on any atom is -0.394 e. The molecule has 9 fully saturated rings. The fraction of sp³-hybridized carbons (Fsp3) is 0.966. The number of hydrogen-bond donors (Lipinski definition) is 26. The lowest BCUT2D eigenvalue weighted by molar-refractivity contribution is -0.403. The number of hydrogen-bond acceptors (Lipinski definition) is 43. The van der Waals surface area contributed by atoms with Gasteiger partial charge in [0.15, 0.2) is 56.6 Å². The molecule has 598 valence electrons. The molecule has 9 heterocycles. The van der Waals surface area contributed by atoms with Gasteiger partial charge in [-0.25, -0.2) is 0 Å². The van der Waals surface area contributed by atoms with Gasteiger partial charge >= 0.3 is 0 Å². The average molecular weight is 1510 g/mol. The van der Waals surface area contributed by atoms with Crippen molar-refractivity contribution in [3.63, 3.8) is 0 Å². The number of nitrogens with one attached hydrogen (secondary N) is 2. The van der Waals surface area contributed by atoms with Crippen LogP contribution in [0.5, 0.6) is 0 Å². The number of aliphatic hydroxyl groups excluding tert-OH is 24. The Morgan fingerprint density at radius 3 is 0.883 bits per heavy atom. The molecule has 103 heavy (non-hydrogen) atoms. The molecule has 0 aromatic rings. The van der Waals surface area contributed by atoms with Gasteiger partial charge in [0, 0.05) is 13.8 Å². The van der Waals surface area contributed by atoms with E-state index in [2.05, 4.69) is 10.6 Å². The predicted molar refractivity (Wildman–Crippen MR) is 316 cm³/mol. The van der Waals surface area contributed by atoms with E-state index in [9.17, 15) is 132 Å². The van der Waals surface area contributed by atoms with E-state index in [-0.39, 0.29) is 0 Å². The van der Waals surface area contributed by atoms with Gasteiger partial charge in [0.1, 0.15) is 201 Å². The Balaban J connectivity index is 1.09. The fourth-order valence-electron chi connectivity index (χ4n) is 13.6. The van der Waals surface area contributed by atoms with E-state index in [0.717, 1.165) is 13.8 Å². The van der Waals surface area contributed by atoms with Gasteiger partial charge in [-0.05, 0) is 20.8 Å². The smallest absolute Gasteiger partial charge is 0.217 e. The van der Waals surface area contributed by atoms with Crippen LogP contribution in [-0.2, 0) is 90.1 Å². The van der Waals surface area contributed by atoms with E-state index in [4.69, 9.17) is 80.5 Å². The Labute approximate surface area is 584 Å². The van der Waals surface area contributed by atoms with Gasteiger partial charge in [0.25, 0.3) is 0 Å². The Kier molecular flexibility index (Phi) is 29.5. The van der Waals surface area contributed by atoms with Crippen LogP contribution in [0.2, 0.25) is 0 Å². The minimum atomic E-state index is -2.54. The van der Waals surface area contributed by atoms with Crippen molar-refractivity contribution in [3.8, 4) is 0 Å². The van der Waals surface area contributed by atoms with Crippen LogP contribution in [0.3, 0.4) is 0 Å². The number of rotatable bonds is 24. The van der Waals surface area contributed by atoms with Crippen LogP contribution in [0.25, 0.3) is 0 Å². The topological polar surface area (TPSA) is 701 Å². The lowest BCUT2D eigenvalue weighted by Crippen LogP contribution is -2.72. The van der Waals surface area contributed by atoms with Crippen molar-refractivity contribution < 1.29 is 213 Å². The summed E-state index contributed by atoms with van der Waals surface area (Å²) in [6.45, 7) is -1.19. The lowest BCUT2D eigenvalue weighted by Gasteiger charge is -2.53. The molecule has 45 heteroatoms. The van der Waals surface area contributed by atoms with Crippen LogP contribution in [0.4, 0.5) is 0 Å². The van der Waals surface area contributed by atoms with Crippen LogP contribution in [0.15, 0.2) is 0 Å². The van der Waals surface area contributed by atoms with Gasteiger partial charge in [-0.2, -0.15) is 0 Å². The van der Waals surface area contributed by atoms with Gasteiger partial charge in [-0.1, -0.05) is 0 Å². The van der Waals surface area contributed by atoms with Crippen molar-refractivity contribution in [3.05, 3.63) is 0 Å². The summed E-state index contributed by atoms with van der Waals surface area (Å²) in [4.78, 5) is 27.1. The van der Waals surface area contributed by atoms with Crippen molar-refractivity contribution in [2.75, 3.05) is 39.6 Å². The standard InChI is InChI=1S/C58H98N2O43/c1-12-25(69)31(75)37(81)53(87-12)97-43-21(10-65)94-51(101-47-29(73)18(7-62)91-56(40(47)84)96-42-20(9-64)90-50(86)36(80)35(42)79)23(59-15(4)67)45(43)99-57-41(85)48(30(74)19(8-63)92-57)102-52-24(60-16(5)68)46(44(22(11-66)95-52)98-54-38(82)32(76)26(70)13(2)88-54)100-58-49(34(78)28(72)17(6-61)93-58)103-55-39(83)33(77)27(71)14(3)89-55/h12-14,17-58,61-66,69-86H,6-11H2,1-5H3,(H,59,67)(H,60,68)/t12-,13-,14-,17+,18+,19+,20+,21+,22+,23+,24+,25+,26+,27+,28-,29-,30-,31+,32+,33+,34-,35+,36+,37-,38-,39-,40+,41+,42+,43+,44+,45+,46+,47-,48-,49+,50+,51-,52-,53-,54-,55-,56-,57-,58-/m0/s1. The van der Waals surface area contributed by atoms with Crippen molar-refractivity contribution in [2.24, 2.45) is 0 Å². The predicted octanol–water partition coefficient (Wildman–Crippen LogP) is -17.3. The molecule has 9 aliphatic rings. The summed E-state index contributed by atoms with van der Waals surface area (Å²) in [6.07, 6.45) is -86.8. The molecule has 2 amide bonds. The highest BCUT2D eigenvalue weighted by Gasteiger charge is 2.62. The van der Waals surface area contributed by atoms with Crippen LogP contribution in [0, 0.1) is 0 Å². The molecule has 0 aromatic heterocycles. The third-order valence-corrected chi connectivity index (χ3v) is 19.5. The molecule has 9 aliphatic heterocycles. The second-order valence-electron chi connectivity index (χ2n) is 26.6. The van der Waals surface area contributed by atoms with Crippen LogP contribution < -0.4 is 10.6 Å². The first-order valence-electron chi connectivity index (χ1n) is 33.2. The van der Waals surface area contributed by atoms with Crippen LogP contribution >= 0.6 is 0 Å². The largest absolute Gasteiger partial charge is 0.394 e. The molecular weight excluding hydrogens is 1410 g/mol. The maximum Gasteiger partial charge on any atom is 0.217 e. The van der Waals surface area contributed by atoms with Gasteiger partial charge < -0.3 is 214 Å². The molecule has 26 N–H and O–H groups in total. The zero-order valence-corrected chi connectivity index (χ0v) is 55.7. The first-order chi connectivity index (χ1) is 48.6. The van der Waals surface area contributed by atoms with Gasteiger partial charge in [0.05, 0.1) is 58.0 Å². The average Bonchev–Trinajstić information content (AvgIpc) is 0.761. The van der Waals surface area contributed by atoms with Crippen molar-refractivity contribution >= 4 is 11.8 Å². The monoisotopic (exact) mass is 1510 g/mol. The maximum atomic E-state index is 13.6. The Morgan fingerprint density at radius 1 is 0.252 bits per heavy atom. The van der Waals surface area contributed by atoms with Crippen molar-refractivity contribution in [1.82, 2.24) is 10.6 Å². The normalized spacial score (nSPS) is 52.3. The summed E-state index contributed by atoms with van der Waals surface area (Å²) < 4.78 is 102. The SMILES string of the molecule is CC(=O)N[C@H]1[C@H](O[C@H]2[C@@H](O)[C@@H](CO)O[C@@H](O[C@H]3[C@H](O)[C@@H](O)[C@H](O)O[C@@H]3CO)[C@@H]2O)O[C@H](CO)[C@@H](O[C@@H]2O[C@@H](C)[C@@H](O)[C@@H](O)[C@@H]2O)[C@@H]1O[C@@H]1O[C@H](CO)[C@H](O)[C@H](O[C@@H]2O[C@H](CO)[C@@H](O[C@@H]3O[C@@H](C)[C@@H](O)[C@@H](O)[C@@H]3O)[C@H](O[C@@H]3O[C@H](CO)[C@H](O)[C@H](O)[C@H]3O[C@@H]3O[C@@H](C)[C@@H](O)[C@@H](O)[C@@H]3O)[C@H]2NC(C)=O)[C@H]1O. The van der Waals surface area contributed by atoms with Crippen molar-refractivity contribution in [2.45, 2.75) is 311 Å². The zero-order chi connectivity index (χ0) is 75.8. The molecule has 0 unspecified atom stereocenters. The van der Waals surface area contributed by atoms with E-state index < -0.39 is 328 Å². The summed E-state index contributed by atoms with van der Waals surface area (Å²) in [5.74, 6) is -2.02. The van der Waals surface area contributed by atoms with Crippen LogP contribution in [-0.4, -0.2) is 450 Å². The lowest BCUT2D eigenvalue weighted by atomic mass is 9.93. The molecule has 0 bridgehead atoms. The molecule has 45 nitrogen and oxygen atoms in total. The third-order valence-electron chi connectivity index (χ3n) is 19.5. The Morgan fingerprint density at radius 2 is 0.524 bits per heavy atom. The Hall–Kier alpha value is -2.70. The van der Waals surface area contributed by atoms with Gasteiger partial charge in [-0.15, -0.1) is 0 Å². The molecule has 0 saturated carbocycles. The molecule has 9 saturated heterocycles. The summed E-state index contributed by atoms with van der Waals surface area (Å²) in [5, 5.41) is 270. The number of amides is 2. The summed E-state index contributed by atoms with van der Waals surface area (Å²) in [6, 6.07) is -4.12. The minimum absolute atomic E-state index is 0.922. The molecule has 0 radical (unpaired) electrons. The highest BCUT2D eigenvalue weighted by molar-refractivity contribution is 5.73. The molecule has 0 spiro atoms. The van der Waals surface area contributed by atoms with E-state index in [1.165, 1.54) is 20.8 Å². The van der Waals surface area contributed by atoms with E-state index in [1.807, 2.05) is 0 Å². The number of ether oxygens (including phenoxy) is 17. The third kappa shape index (κ3) is 17.9. The second kappa shape index (κ2) is 36.0. The molecule has 0 aromatic carbocycles. The Bertz CT molecular complexity index is 2660. The second-order valence-corrected chi connectivity index (χ2v) is 26.6. The highest BCUT2D eigenvalue weighted by atomic mass is 16.8. The first-order valence-corrected chi connectivity index (χ1v) is 33.2. The molecular formula is C58H98N2O43. The molecule has 45 atom stereocenters. The van der Waals surface area contributed by atoms with E-state index >= 15 is 0 Å². The molecule has 0 aliphatic carbocycles. The first kappa shape index (κ1) is 84.3. The number of aliphatic hydroxyl groups is 24. The van der Waals surface area contributed by atoms with E-state index in [0.29, 0.717) is 0 Å². The zero-order valence-electron chi connectivity index (χ0n) is 55.7. The highest BCUT2D eigenvalue weighted by Crippen LogP contribution is 2.41. The van der Waals surface area contributed by atoms with Gasteiger partial charge in [-0.3, -0.25) is 9.59 Å². The molecule has 9 rings (SSSR count). The van der Waals surface area contributed by atoms with Crippen LogP contribution in [0.1, 0.15) is 34.6 Å².